The standard InChI is InChI=1S/C32H32N6O4/c33-15-29-25(21-41-31-9-7-23(19-37-31)17-35-11-13-39)3-1-5-27(29)28-6-2-4-26(30(28)16-34)22-42-32-10-8-24(20-38-32)18-36-12-14-40/h1-10,19-20,35-36,39-40H,11-14,17-18,21-22H2. The van der Waals surface area contributed by atoms with Gasteiger partial charge in [-0.05, 0) is 11.1 Å². The van der Waals surface area contributed by atoms with Crippen LogP contribution in [0.25, 0.3) is 11.1 Å². The summed E-state index contributed by atoms with van der Waals surface area (Å²) in [5.41, 5.74) is 5.38. The summed E-state index contributed by atoms with van der Waals surface area (Å²) in [7, 11) is 0. The summed E-state index contributed by atoms with van der Waals surface area (Å²) in [6.07, 6.45) is 3.41. The van der Waals surface area contributed by atoms with E-state index in [0.717, 1.165) is 11.1 Å². The molecule has 0 radical (unpaired) electrons. The van der Waals surface area contributed by atoms with E-state index in [1.165, 1.54) is 0 Å². The Kier molecular flexibility index (Phi) is 11.3. The number of nitrogens with one attached hydrogen (secondary N) is 2. The molecule has 0 atom stereocenters. The van der Waals surface area contributed by atoms with Crippen LogP contribution in [-0.4, -0.2) is 46.5 Å². The molecule has 4 aromatic rings. The fourth-order valence-corrected chi connectivity index (χ4v) is 4.28. The van der Waals surface area contributed by atoms with Crippen molar-refractivity contribution in [1.82, 2.24) is 20.6 Å². The van der Waals surface area contributed by atoms with Gasteiger partial charge in [0.2, 0.25) is 11.8 Å². The number of nitrogens with zero attached hydrogens (tertiary/aromatic N) is 4. The molecule has 2 aromatic carbocycles. The lowest BCUT2D eigenvalue weighted by Gasteiger charge is -2.14. The highest BCUT2D eigenvalue weighted by molar-refractivity contribution is 5.78. The molecular formula is C32H32N6O4. The highest BCUT2D eigenvalue weighted by atomic mass is 16.5. The highest BCUT2D eigenvalue weighted by Crippen LogP contribution is 2.31. The molecular weight excluding hydrogens is 532 g/mol. The molecule has 0 amide bonds. The van der Waals surface area contributed by atoms with E-state index in [1.807, 2.05) is 48.5 Å². The number of rotatable bonds is 15. The van der Waals surface area contributed by atoms with Gasteiger partial charge in [0.05, 0.1) is 24.3 Å². The number of hydrogen-bond donors (Lipinski definition) is 4. The molecule has 0 saturated carbocycles. The zero-order valence-electron chi connectivity index (χ0n) is 23.1. The van der Waals surface area contributed by atoms with Crippen LogP contribution in [0.5, 0.6) is 11.8 Å². The van der Waals surface area contributed by atoms with E-state index in [2.05, 4.69) is 32.7 Å². The second-order valence-corrected chi connectivity index (χ2v) is 9.29. The molecule has 2 heterocycles. The molecule has 10 heteroatoms. The van der Waals surface area contributed by atoms with Crippen molar-refractivity contribution in [3.05, 3.63) is 106 Å². The van der Waals surface area contributed by atoms with Gasteiger partial charge in [-0.3, -0.25) is 0 Å². The molecule has 0 saturated heterocycles. The molecule has 214 valence electrons. The van der Waals surface area contributed by atoms with Crippen LogP contribution < -0.4 is 20.1 Å². The van der Waals surface area contributed by atoms with Crippen LogP contribution in [-0.2, 0) is 26.3 Å². The Morgan fingerprint density at radius 3 is 1.45 bits per heavy atom. The SMILES string of the molecule is N#Cc1c(COc2ccc(CNCCO)cn2)cccc1-c1cccc(COc2ccc(CNCCO)cn2)c1C#N. The van der Waals surface area contributed by atoms with Crippen LogP contribution >= 0.6 is 0 Å². The number of nitriles is 2. The average Bonchev–Trinajstić information content (AvgIpc) is 3.03. The third-order valence-corrected chi connectivity index (χ3v) is 6.40. The van der Waals surface area contributed by atoms with E-state index >= 15 is 0 Å². The van der Waals surface area contributed by atoms with Gasteiger partial charge in [-0.15, -0.1) is 0 Å². The molecule has 0 fully saturated rings. The number of benzene rings is 2. The summed E-state index contributed by atoms with van der Waals surface area (Å²) in [6.45, 7) is 2.60. The van der Waals surface area contributed by atoms with Crippen molar-refractivity contribution in [3.8, 4) is 35.0 Å². The summed E-state index contributed by atoms with van der Waals surface area (Å²) in [5.74, 6) is 0.852. The Bertz CT molecular complexity index is 1410. The first-order chi connectivity index (χ1) is 20.7. The number of pyridine rings is 2. The number of hydrogen-bond acceptors (Lipinski definition) is 10. The Hall–Kier alpha value is -4.84. The third kappa shape index (κ3) is 8.10. The molecule has 42 heavy (non-hydrogen) atoms. The largest absolute Gasteiger partial charge is 0.473 e. The first kappa shape index (κ1) is 30.1. The predicted molar refractivity (Wildman–Crippen MR) is 156 cm³/mol. The minimum absolute atomic E-state index is 0.0702. The summed E-state index contributed by atoms with van der Waals surface area (Å²) >= 11 is 0. The van der Waals surface area contributed by atoms with E-state index in [1.54, 1.807) is 24.5 Å². The first-order valence-electron chi connectivity index (χ1n) is 13.5. The second-order valence-electron chi connectivity index (χ2n) is 9.29. The maximum atomic E-state index is 10.1. The zero-order valence-corrected chi connectivity index (χ0v) is 23.1. The normalized spacial score (nSPS) is 10.6. The fraction of sp³-hybridized carbons (Fsp3) is 0.250. The Morgan fingerprint density at radius 1 is 0.643 bits per heavy atom. The van der Waals surface area contributed by atoms with Crippen LogP contribution in [0.15, 0.2) is 73.1 Å². The van der Waals surface area contributed by atoms with Crippen molar-refractivity contribution in [1.29, 1.82) is 10.5 Å². The second kappa shape index (κ2) is 15.8. The summed E-state index contributed by atoms with van der Waals surface area (Å²) < 4.78 is 11.8. The first-order valence-corrected chi connectivity index (χ1v) is 13.5. The van der Waals surface area contributed by atoms with Crippen LogP contribution in [0, 0.1) is 22.7 Å². The summed E-state index contributed by atoms with van der Waals surface area (Å²) in [6, 6.07) is 22.8. The van der Waals surface area contributed by atoms with Crippen molar-refractivity contribution >= 4 is 0 Å². The van der Waals surface area contributed by atoms with Gasteiger partial charge in [-0.25, -0.2) is 9.97 Å². The minimum atomic E-state index is 0.0702. The maximum absolute atomic E-state index is 10.1. The maximum Gasteiger partial charge on any atom is 0.213 e. The minimum Gasteiger partial charge on any atom is -0.473 e. The topological polar surface area (TPSA) is 156 Å². The predicted octanol–water partition coefficient (Wildman–Crippen LogP) is 3.21. The average molecular weight is 565 g/mol. The van der Waals surface area contributed by atoms with Gasteiger partial charge in [0.25, 0.3) is 0 Å². The van der Waals surface area contributed by atoms with E-state index in [9.17, 15) is 10.5 Å². The molecule has 0 spiro atoms. The van der Waals surface area contributed by atoms with Gasteiger partial charge in [0.15, 0.2) is 0 Å². The molecule has 0 aliphatic heterocycles. The van der Waals surface area contributed by atoms with Crippen molar-refractivity contribution < 1.29 is 19.7 Å². The van der Waals surface area contributed by atoms with Gasteiger partial charge < -0.3 is 30.3 Å². The van der Waals surface area contributed by atoms with Crippen LogP contribution in [0.1, 0.15) is 33.4 Å². The molecule has 10 nitrogen and oxygen atoms in total. The Morgan fingerprint density at radius 2 is 1.10 bits per heavy atom. The van der Waals surface area contributed by atoms with Gasteiger partial charge in [-0.2, -0.15) is 10.5 Å². The number of aliphatic hydroxyl groups is 2. The summed E-state index contributed by atoms with van der Waals surface area (Å²) in [5, 5.41) is 44.2. The zero-order chi connectivity index (χ0) is 29.6. The van der Waals surface area contributed by atoms with E-state index in [-0.39, 0.29) is 26.4 Å². The number of ether oxygens (including phenoxy) is 2. The molecule has 0 bridgehead atoms. The van der Waals surface area contributed by atoms with Crippen molar-refractivity contribution in [3.63, 3.8) is 0 Å². The van der Waals surface area contributed by atoms with Crippen LogP contribution in [0.2, 0.25) is 0 Å². The van der Waals surface area contributed by atoms with E-state index in [0.29, 0.717) is 71.3 Å². The van der Waals surface area contributed by atoms with Crippen molar-refractivity contribution in [2.75, 3.05) is 26.3 Å². The van der Waals surface area contributed by atoms with Gasteiger partial charge in [0, 0.05) is 73.0 Å². The number of aromatic nitrogens is 2. The van der Waals surface area contributed by atoms with Gasteiger partial charge in [0.1, 0.15) is 25.4 Å². The van der Waals surface area contributed by atoms with Gasteiger partial charge >= 0.3 is 0 Å². The molecule has 0 aliphatic carbocycles. The molecule has 4 N–H and O–H groups in total. The Labute approximate surface area is 244 Å². The van der Waals surface area contributed by atoms with Crippen molar-refractivity contribution in [2.24, 2.45) is 0 Å². The van der Waals surface area contributed by atoms with Crippen LogP contribution in [0.3, 0.4) is 0 Å². The van der Waals surface area contributed by atoms with E-state index in [4.69, 9.17) is 19.7 Å². The lowest BCUT2D eigenvalue weighted by molar-refractivity contribution is 0.290. The molecule has 0 unspecified atom stereocenters. The van der Waals surface area contributed by atoms with Gasteiger partial charge in [-0.1, -0.05) is 48.5 Å². The quantitative estimate of drug-likeness (QED) is 0.158. The summed E-state index contributed by atoms with van der Waals surface area (Å²) in [4.78, 5) is 8.66. The number of aliphatic hydroxyl groups excluding tert-OH is 2. The monoisotopic (exact) mass is 564 g/mol. The highest BCUT2D eigenvalue weighted by Gasteiger charge is 2.16. The third-order valence-electron chi connectivity index (χ3n) is 6.40. The molecule has 4 rings (SSSR count). The lowest BCUT2D eigenvalue weighted by atomic mass is 9.91. The van der Waals surface area contributed by atoms with E-state index < -0.39 is 0 Å². The fourth-order valence-electron chi connectivity index (χ4n) is 4.28. The smallest absolute Gasteiger partial charge is 0.213 e. The van der Waals surface area contributed by atoms with Crippen LogP contribution in [0.4, 0.5) is 0 Å². The lowest BCUT2D eigenvalue weighted by Crippen LogP contribution is -2.17. The molecule has 2 aromatic heterocycles. The Balaban J connectivity index is 1.47. The van der Waals surface area contributed by atoms with Crippen molar-refractivity contribution in [2.45, 2.75) is 26.3 Å². The molecule has 0 aliphatic rings.